The second-order valence-corrected chi connectivity index (χ2v) is 7.02. The molecular weight excluding hydrogens is 295 g/mol. The summed E-state index contributed by atoms with van der Waals surface area (Å²) in [5, 5.41) is 17.7. The van der Waals surface area contributed by atoms with Crippen LogP contribution in [0.15, 0.2) is 0 Å². The molecule has 3 atom stereocenters. The smallest absolute Gasteiger partial charge is 0.325 e. The molecule has 0 amide bonds. The highest BCUT2D eigenvalue weighted by atomic mass is 32.2. The molecule has 0 aliphatic heterocycles. The van der Waals surface area contributed by atoms with Crippen LogP contribution in [0.2, 0.25) is 0 Å². The Morgan fingerprint density at radius 1 is 1.37 bits per heavy atom. The molecule has 9 heteroatoms. The van der Waals surface area contributed by atoms with E-state index in [9.17, 15) is 9.36 Å². The van der Waals surface area contributed by atoms with Crippen molar-refractivity contribution in [1.82, 2.24) is 0 Å². The third-order valence-electron chi connectivity index (χ3n) is 1.95. The van der Waals surface area contributed by atoms with Gasteiger partial charge in [0, 0.05) is 18.2 Å². The maximum Gasteiger partial charge on any atom is 0.325 e. The number of aliphatic hydroxyl groups excluding tert-OH is 2. The molecule has 0 saturated heterocycles. The van der Waals surface area contributed by atoms with E-state index in [1.54, 1.807) is 6.92 Å². The van der Waals surface area contributed by atoms with Crippen LogP contribution in [-0.4, -0.2) is 65.2 Å². The molecule has 114 valence electrons. The van der Waals surface area contributed by atoms with E-state index in [0.717, 1.165) is 6.66 Å². The van der Waals surface area contributed by atoms with Gasteiger partial charge in [0.15, 0.2) is 0 Å². The van der Waals surface area contributed by atoms with Gasteiger partial charge < -0.3 is 24.4 Å². The van der Waals surface area contributed by atoms with Gasteiger partial charge in [0.1, 0.15) is 6.61 Å². The largest absolute Gasteiger partial charge is 0.463 e. The number of aliphatic hydroxyl groups is 2. The molecule has 0 rings (SSSR count). The molecule has 0 heterocycles. The zero-order valence-electron chi connectivity index (χ0n) is 11.0. The Kier molecular flexibility index (Phi) is 9.68. The molecule has 0 fully saturated rings. The van der Waals surface area contributed by atoms with Crippen molar-refractivity contribution in [2.45, 2.75) is 13.0 Å². The van der Waals surface area contributed by atoms with E-state index < -0.39 is 19.7 Å². The molecule has 0 radical (unpaired) electrons. The molecule has 0 aromatic heterocycles. The van der Waals surface area contributed by atoms with Crippen molar-refractivity contribution in [3.63, 3.8) is 0 Å². The van der Waals surface area contributed by atoms with Crippen molar-refractivity contribution in [1.29, 1.82) is 0 Å². The average molecular weight is 316 g/mol. The Balaban J connectivity index is 3.68. The Labute approximate surface area is 116 Å². The number of carbonyl (C=O) groups excluding carboxylic acids is 1. The predicted octanol–water partition coefficient (Wildman–Crippen LogP) is 0.0839. The number of hydrogen-bond acceptors (Lipinski definition) is 7. The first kappa shape index (κ1) is 18.9. The highest BCUT2D eigenvalue weighted by molar-refractivity contribution is 7.99. The van der Waals surface area contributed by atoms with Crippen molar-refractivity contribution in [3.8, 4) is 0 Å². The molecule has 0 spiro atoms. The third-order valence-corrected chi connectivity index (χ3v) is 3.97. The minimum absolute atomic E-state index is 0.0779. The fourth-order valence-corrected chi connectivity index (χ4v) is 2.41. The summed E-state index contributed by atoms with van der Waals surface area (Å²) in [6, 6.07) is 0. The monoisotopic (exact) mass is 316 g/mol. The van der Waals surface area contributed by atoms with Crippen LogP contribution in [0.3, 0.4) is 0 Å². The minimum atomic E-state index is -3.53. The predicted molar refractivity (Wildman–Crippen MR) is 72.2 cm³/mol. The Morgan fingerprint density at radius 3 is 2.53 bits per heavy atom. The Hall–Kier alpha value is -0.110. The number of rotatable bonds is 10. The van der Waals surface area contributed by atoms with Gasteiger partial charge in [-0.15, -0.1) is 0 Å². The zero-order valence-corrected chi connectivity index (χ0v) is 12.7. The standard InChI is InChI=1S/C10H21O7PS/c1-8(6-19-7-9(12)5-11)10(13)16-3-4-17-18(2,14)15/h8-9,11-12H,3-7H2,1-2H3,(H,14,15). The number of ether oxygens (including phenoxy) is 1. The first-order valence-corrected chi connectivity index (χ1v) is 8.92. The van der Waals surface area contributed by atoms with Gasteiger partial charge in [0.2, 0.25) is 0 Å². The van der Waals surface area contributed by atoms with Crippen LogP contribution in [0.1, 0.15) is 6.92 Å². The first-order valence-electron chi connectivity index (χ1n) is 5.74. The molecule has 19 heavy (non-hydrogen) atoms. The summed E-state index contributed by atoms with van der Waals surface area (Å²) in [4.78, 5) is 20.3. The lowest BCUT2D eigenvalue weighted by Crippen LogP contribution is -2.21. The van der Waals surface area contributed by atoms with E-state index in [0.29, 0.717) is 11.5 Å². The van der Waals surface area contributed by atoms with Crippen molar-refractivity contribution < 1.29 is 33.7 Å². The summed E-state index contributed by atoms with van der Waals surface area (Å²) < 4.78 is 20.2. The van der Waals surface area contributed by atoms with Crippen LogP contribution in [0.5, 0.6) is 0 Å². The van der Waals surface area contributed by atoms with Gasteiger partial charge in [0.25, 0.3) is 0 Å². The first-order chi connectivity index (χ1) is 8.76. The van der Waals surface area contributed by atoms with Crippen molar-refractivity contribution in [3.05, 3.63) is 0 Å². The molecule has 0 aromatic carbocycles. The van der Waals surface area contributed by atoms with Crippen molar-refractivity contribution in [2.75, 3.05) is 38.0 Å². The van der Waals surface area contributed by atoms with Crippen LogP contribution < -0.4 is 0 Å². The minimum Gasteiger partial charge on any atom is -0.463 e. The fourth-order valence-electron chi connectivity index (χ4n) is 0.993. The van der Waals surface area contributed by atoms with Crippen LogP contribution in [0.4, 0.5) is 0 Å². The molecule has 3 unspecified atom stereocenters. The van der Waals surface area contributed by atoms with Gasteiger partial charge in [0.05, 0.1) is 25.2 Å². The quantitative estimate of drug-likeness (QED) is 0.295. The summed E-state index contributed by atoms with van der Waals surface area (Å²) in [5.41, 5.74) is 0. The molecule has 0 aromatic rings. The maximum absolute atomic E-state index is 11.5. The van der Waals surface area contributed by atoms with E-state index in [1.165, 1.54) is 11.8 Å². The Morgan fingerprint density at radius 2 is 2.00 bits per heavy atom. The third kappa shape index (κ3) is 11.4. The molecule has 0 aliphatic carbocycles. The lowest BCUT2D eigenvalue weighted by molar-refractivity contribution is -0.147. The topological polar surface area (TPSA) is 113 Å². The average Bonchev–Trinajstić information content (AvgIpc) is 2.32. The summed E-state index contributed by atoms with van der Waals surface area (Å²) >= 11 is 1.34. The van der Waals surface area contributed by atoms with Crippen LogP contribution >= 0.6 is 19.4 Å². The summed E-state index contributed by atoms with van der Waals surface area (Å²) in [5.74, 6) is 0.0148. The van der Waals surface area contributed by atoms with Gasteiger partial charge in [-0.1, -0.05) is 6.92 Å². The highest BCUT2D eigenvalue weighted by Crippen LogP contribution is 2.35. The normalized spacial score (nSPS) is 17.5. The Bertz CT molecular complexity index is 306. The fraction of sp³-hybridized carbons (Fsp3) is 0.900. The van der Waals surface area contributed by atoms with Crippen molar-refractivity contribution >= 4 is 25.3 Å². The molecule has 0 aliphatic rings. The van der Waals surface area contributed by atoms with Gasteiger partial charge in [-0.2, -0.15) is 11.8 Å². The van der Waals surface area contributed by atoms with E-state index >= 15 is 0 Å². The molecule has 3 N–H and O–H groups in total. The summed E-state index contributed by atoms with van der Waals surface area (Å²) in [7, 11) is -3.53. The molecule has 0 saturated carbocycles. The maximum atomic E-state index is 11.5. The molecular formula is C10H21O7PS. The van der Waals surface area contributed by atoms with E-state index in [4.69, 9.17) is 19.8 Å². The lowest BCUT2D eigenvalue weighted by atomic mass is 10.2. The van der Waals surface area contributed by atoms with Crippen LogP contribution in [0, 0.1) is 5.92 Å². The van der Waals surface area contributed by atoms with Crippen LogP contribution in [-0.2, 0) is 18.6 Å². The van der Waals surface area contributed by atoms with Gasteiger partial charge in [-0.25, -0.2) is 0 Å². The van der Waals surface area contributed by atoms with Gasteiger partial charge >= 0.3 is 13.6 Å². The summed E-state index contributed by atoms with van der Waals surface area (Å²) in [6.45, 7) is 2.23. The number of thioether (sulfide) groups is 1. The van der Waals surface area contributed by atoms with Gasteiger partial charge in [-0.05, 0) is 0 Å². The van der Waals surface area contributed by atoms with Crippen molar-refractivity contribution in [2.24, 2.45) is 5.92 Å². The second kappa shape index (κ2) is 9.74. The number of esters is 1. The molecule has 0 bridgehead atoms. The number of hydrogen-bond donors (Lipinski definition) is 3. The van der Waals surface area contributed by atoms with Gasteiger partial charge in [-0.3, -0.25) is 9.36 Å². The number of carbonyl (C=O) groups is 1. The van der Waals surface area contributed by atoms with Crippen LogP contribution in [0.25, 0.3) is 0 Å². The lowest BCUT2D eigenvalue weighted by Gasteiger charge is -2.13. The zero-order chi connectivity index (χ0) is 14.9. The summed E-state index contributed by atoms with van der Waals surface area (Å²) in [6.07, 6.45) is -0.787. The van der Waals surface area contributed by atoms with E-state index in [1.807, 2.05) is 0 Å². The SMILES string of the molecule is CC(CSCC(O)CO)C(=O)OCCOP(C)(=O)O. The van der Waals surface area contributed by atoms with E-state index in [2.05, 4.69) is 4.52 Å². The molecule has 7 nitrogen and oxygen atoms in total. The highest BCUT2D eigenvalue weighted by Gasteiger charge is 2.16. The second-order valence-electron chi connectivity index (χ2n) is 4.08. The van der Waals surface area contributed by atoms with E-state index in [-0.39, 0.29) is 25.7 Å².